The number of ether oxygens (including phenoxy) is 1. The second-order valence-electron chi connectivity index (χ2n) is 5.65. The highest BCUT2D eigenvalue weighted by Crippen LogP contribution is 2.15. The number of hydrogen-bond donors (Lipinski definition) is 2. The van der Waals surface area contributed by atoms with Crippen LogP contribution in [0.15, 0.2) is 35.1 Å². The zero-order valence-electron chi connectivity index (χ0n) is 13.3. The zero-order valence-corrected chi connectivity index (χ0v) is 13.3. The summed E-state index contributed by atoms with van der Waals surface area (Å²) in [4.78, 5) is 21.1. The minimum atomic E-state index is -0.136. The van der Waals surface area contributed by atoms with E-state index in [9.17, 15) is 4.79 Å². The van der Waals surface area contributed by atoms with Crippen LogP contribution in [0.3, 0.4) is 0 Å². The van der Waals surface area contributed by atoms with Crippen molar-refractivity contribution in [3.63, 3.8) is 0 Å². The summed E-state index contributed by atoms with van der Waals surface area (Å²) in [6.07, 6.45) is 0.733. The van der Waals surface area contributed by atoms with Crippen molar-refractivity contribution < 1.29 is 4.74 Å². The van der Waals surface area contributed by atoms with Gasteiger partial charge in [0.05, 0.1) is 13.2 Å². The molecule has 0 bridgehead atoms. The molecule has 1 fully saturated rings. The molecule has 0 radical (unpaired) electrons. The molecule has 1 saturated heterocycles. The standard InChI is InChI=1S/C17H22N4O2/c1-2-14-11-16(22)20-17(18-14)19-15-5-3-13(4-6-15)12-21-7-9-23-10-8-21/h3-6,11H,2,7-10,12H2,1H3,(H2,18,19,20,22). The van der Waals surface area contributed by atoms with Crippen molar-refractivity contribution >= 4 is 11.6 Å². The maximum atomic E-state index is 11.6. The first-order chi connectivity index (χ1) is 11.2. The third-order valence-electron chi connectivity index (χ3n) is 3.88. The van der Waals surface area contributed by atoms with Crippen molar-refractivity contribution in [2.75, 3.05) is 31.6 Å². The van der Waals surface area contributed by atoms with E-state index in [-0.39, 0.29) is 5.56 Å². The molecule has 0 atom stereocenters. The summed E-state index contributed by atoms with van der Waals surface area (Å²) in [6, 6.07) is 9.73. The van der Waals surface area contributed by atoms with E-state index in [4.69, 9.17) is 4.74 Å². The topological polar surface area (TPSA) is 70.2 Å². The van der Waals surface area contributed by atoms with Crippen molar-refractivity contribution in [1.82, 2.24) is 14.9 Å². The Labute approximate surface area is 135 Å². The lowest BCUT2D eigenvalue weighted by molar-refractivity contribution is 0.0342. The van der Waals surface area contributed by atoms with Crippen LogP contribution >= 0.6 is 0 Å². The minimum absolute atomic E-state index is 0.136. The molecular formula is C17H22N4O2. The second-order valence-corrected chi connectivity index (χ2v) is 5.65. The van der Waals surface area contributed by atoms with E-state index in [0.29, 0.717) is 5.95 Å². The molecule has 2 heterocycles. The number of anilines is 2. The average Bonchev–Trinajstić information content (AvgIpc) is 2.57. The first-order valence-electron chi connectivity index (χ1n) is 7.99. The summed E-state index contributed by atoms with van der Waals surface area (Å²) < 4.78 is 5.36. The van der Waals surface area contributed by atoms with Crippen LogP contribution in [0.1, 0.15) is 18.2 Å². The molecule has 0 saturated carbocycles. The Morgan fingerprint density at radius 3 is 2.70 bits per heavy atom. The van der Waals surface area contributed by atoms with E-state index in [0.717, 1.165) is 50.7 Å². The van der Waals surface area contributed by atoms with Gasteiger partial charge >= 0.3 is 0 Å². The number of aromatic nitrogens is 2. The van der Waals surface area contributed by atoms with Crippen molar-refractivity contribution in [1.29, 1.82) is 0 Å². The average molecular weight is 314 g/mol. The summed E-state index contributed by atoms with van der Waals surface area (Å²) >= 11 is 0. The Morgan fingerprint density at radius 2 is 2.00 bits per heavy atom. The SMILES string of the molecule is CCc1cc(=O)[nH]c(Nc2ccc(CN3CCOCC3)cc2)n1. The van der Waals surface area contributed by atoms with Crippen molar-refractivity contribution in [3.05, 3.63) is 51.9 Å². The van der Waals surface area contributed by atoms with Crippen molar-refractivity contribution in [2.24, 2.45) is 0 Å². The number of benzene rings is 1. The zero-order chi connectivity index (χ0) is 16.1. The van der Waals surface area contributed by atoms with Crippen LogP contribution in [0.4, 0.5) is 11.6 Å². The van der Waals surface area contributed by atoms with E-state index >= 15 is 0 Å². The van der Waals surface area contributed by atoms with Crippen LogP contribution in [0.2, 0.25) is 0 Å². The molecule has 0 amide bonds. The highest BCUT2D eigenvalue weighted by Gasteiger charge is 2.10. The predicted octanol–water partition coefficient (Wildman–Crippen LogP) is 1.91. The molecule has 1 aromatic carbocycles. The van der Waals surface area contributed by atoms with Gasteiger partial charge in [-0.15, -0.1) is 0 Å². The highest BCUT2D eigenvalue weighted by atomic mass is 16.5. The van der Waals surface area contributed by atoms with E-state index in [1.54, 1.807) is 0 Å². The lowest BCUT2D eigenvalue weighted by Gasteiger charge is -2.26. The quantitative estimate of drug-likeness (QED) is 0.882. The molecule has 0 unspecified atom stereocenters. The van der Waals surface area contributed by atoms with E-state index in [1.165, 1.54) is 11.6 Å². The van der Waals surface area contributed by atoms with Gasteiger partial charge in [-0.2, -0.15) is 0 Å². The van der Waals surface area contributed by atoms with Gasteiger partial charge in [0.15, 0.2) is 0 Å². The number of nitrogens with one attached hydrogen (secondary N) is 2. The third kappa shape index (κ3) is 4.40. The van der Waals surface area contributed by atoms with Crippen LogP contribution in [-0.2, 0) is 17.7 Å². The predicted molar refractivity (Wildman–Crippen MR) is 90.1 cm³/mol. The Bertz CT molecular complexity index is 690. The first kappa shape index (κ1) is 15.7. The monoisotopic (exact) mass is 314 g/mol. The van der Waals surface area contributed by atoms with Gasteiger partial charge in [-0.05, 0) is 24.1 Å². The van der Waals surface area contributed by atoms with Crippen LogP contribution in [0.25, 0.3) is 0 Å². The van der Waals surface area contributed by atoms with Gasteiger partial charge in [-0.1, -0.05) is 19.1 Å². The largest absolute Gasteiger partial charge is 0.379 e. The smallest absolute Gasteiger partial charge is 0.252 e. The lowest BCUT2D eigenvalue weighted by Crippen LogP contribution is -2.35. The summed E-state index contributed by atoms with van der Waals surface area (Å²) in [5.74, 6) is 0.482. The van der Waals surface area contributed by atoms with Gasteiger partial charge < -0.3 is 10.1 Å². The van der Waals surface area contributed by atoms with Gasteiger partial charge in [0, 0.05) is 37.1 Å². The maximum absolute atomic E-state index is 11.6. The number of rotatable bonds is 5. The van der Waals surface area contributed by atoms with E-state index < -0.39 is 0 Å². The maximum Gasteiger partial charge on any atom is 0.252 e. The van der Waals surface area contributed by atoms with E-state index in [2.05, 4.69) is 32.3 Å². The van der Waals surface area contributed by atoms with Gasteiger partial charge in [-0.25, -0.2) is 4.98 Å². The lowest BCUT2D eigenvalue weighted by atomic mass is 10.2. The molecular weight excluding hydrogens is 292 g/mol. The highest BCUT2D eigenvalue weighted by molar-refractivity contribution is 5.53. The molecule has 2 N–H and O–H groups in total. The van der Waals surface area contributed by atoms with E-state index in [1.807, 2.05) is 19.1 Å². The fourth-order valence-electron chi connectivity index (χ4n) is 2.60. The summed E-state index contributed by atoms with van der Waals surface area (Å²) in [7, 11) is 0. The summed E-state index contributed by atoms with van der Waals surface area (Å²) in [6.45, 7) is 6.50. The molecule has 122 valence electrons. The number of aromatic amines is 1. The molecule has 3 rings (SSSR count). The minimum Gasteiger partial charge on any atom is -0.379 e. The Hall–Kier alpha value is -2.18. The first-order valence-corrected chi connectivity index (χ1v) is 7.99. The van der Waals surface area contributed by atoms with Gasteiger partial charge in [0.1, 0.15) is 0 Å². The van der Waals surface area contributed by atoms with Crippen LogP contribution in [0.5, 0.6) is 0 Å². The molecule has 0 aliphatic carbocycles. The van der Waals surface area contributed by atoms with Gasteiger partial charge in [0.25, 0.3) is 5.56 Å². The van der Waals surface area contributed by atoms with Crippen LogP contribution in [0, 0.1) is 0 Å². The number of hydrogen-bond acceptors (Lipinski definition) is 5. The summed E-state index contributed by atoms with van der Waals surface area (Å²) in [5, 5.41) is 3.15. The number of H-pyrrole nitrogens is 1. The van der Waals surface area contributed by atoms with Crippen molar-refractivity contribution in [3.8, 4) is 0 Å². The van der Waals surface area contributed by atoms with Gasteiger partial charge in [0.2, 0.25) is 5.95 Å². The van der Waals surface area contributed by atoms with Crippen molar-refractivity contribution in [2.45, 2.75) is 19.9 Å². The normalized spacial score (nSPS) is 15.5. The molecule has 1 aromatic heterocycles. The Balaban J connectivity index is 1.65. The molecule has 0 spiro atoms. The molecule has 1 aliphatic rings. The fourth-order valence-corrected chi connectivity index (χ4v) is 2.60. The Kier molecular flexibility index (Phi) is 5.05. The fraction of sp³-hybridized carbons (Fsp3) is 0.412. The molecule has 23 heavy (non-hydrogen) atoms. The van der Waals surface area contributed by atoms with Gasteiger partial charge in [-0.3, -0.25) is 14.7 Å². The van der Waals surface area contributed by atoms with Crippen LogP contribution in [-0.4, -0.2) is 41.2 Å². The molecule has 2 aromatic rings. The molecule has 6 heteroatoms. The number of aryl methyl sites for hydroxylation is 1. The second kappa shape index (κ2) is 7.39. The third-order valence-corrected chi connectivity index (χ3v) is 3.88. The molecule has 1 aliphatic heterocycles. The molecule has 6 nitrogen and oxygen atoms in total. The number of morpholine rings is 1. The van der Waals surface area contributed by atoms with Crippen LogP contribution < -0.4 is 10.9 Å². The number of nitrogens with zero attached hydrogens (tertiary/aromatic N) is 2. The summed E-state index contributed by atoms with van der Waals surface area (Å²) in [5.41, 5.74) is 2.82. The Morgan fingerprint density at radius 1 is 1.26 bits per heavy atom.